The van der Waals surface area contributed by atoms with E-state index >= 15 is 0 Å². The molecule has 0 radical (unpaired) electrons. The van der Waals surface area contributed by atoms with Gasteiger partial charge in [-0.3, -0.25) is 0 Å². The van der Waals surface area contributed by atoms with E-state index in [1.54, 1.807) is 18.3 Å². The number of halogens is 1. The summed E-state index contributed by atoms with van der Waals surface area (Å²) < 4.78 is 25.2. The van der Waals surface area contributed by atoms with Gasteiger partial charge in [0.15, 0.2) is 5.79 Å². The van der Waals surface area contributed by atoms with Gasteiger partial charge in [0.1, 0.15) is 11.6 Å². The summed E-state index contributed by atoms with van der Waals surface area (Å²) in [6.45, 7) is 3.58. The smallest absolute Gasteiger partial charge is 0.227 e. The molecule has 7 heteroatoms. The Bertz CT molecular complexity index is 742. The first kappa shape index (κ1) is 17.2. The molecule has 1 spiro atoms. The third-order valence-corrected chi connectivity index (χ3v) is 4.92. The first-order valence-electron chi connectivity index (χ1n) is 9.07. The van der Waals surface area contributed by atoms with Crippen molar-refractivity contribution < 1.29 is 13.9 Å². The van der Waals surface area contributed by atoms with Crippen molar-refractivity contribution >= 4 is 11.8 Å². The van der Waals surface area contributed by atoms with Crippen molar-refractivity contribution in [1.82, 2.24) is 9.97 Å². The highest BCUT2D eigenvalue weighted by molar-refractivity contribution is 5.41. The molecule has 138 valence electrons. The molecule has 6 nitrogen and oxygen atoms in total. The zero-order valence-corrected chi connectivity index (χ0v) is 14.7. The summed E-state index contributed by atoms with van der Waals surface area (Å²) >= 11 is 0. The van der Waals surface area contributed by atoms with Crippen LogP contribution in [0.15, 0.2) is 36.5 Å². The number of hydrogen-bond donors (Lipinski definition) is 1. The van der Waals surface area contributed by atoms with E-state index < -0.39 is 5.79 Å². The van der Waals surface area contributed by atoms with Gasteiger partial charge >= 0.3 is 0 Å². The van der Waals surface area contributed by atoms with Gasteiger partial charge in [-0.1, -0.05) is 18.2 Å². The highest BCUT2D eigenvalue weighted by atomic mass is 19.1. The summed E-state index contributed by atoms with van der Waals surface area (Å²) in [4.78, 5) is 11.1. The van der Waals surface area contributed by atoms with E-state index in [4.69, 9.17) is 9.47 Å². The maximum atomic E-state index is 13.7. The third-order valence-electron chi connectivity index (χ3n) is 4.92. The number of piperidine rings is 1. The van der Waals surface area contributed by atoms with Crippen molar-refractivity contribution in [3.05, 3.63) is 47.9 Å². The minimum absolute atomic E-state index is 0.170. The Morgan fingerprint density at radius 1 is 1.12 bits per heavy atom. The van der Waals surface area contributed by atoms with Crippen LogP contribution in [0.3, 0.4) is 0 Å². The van der Waals surface area contributed by atoms with E-state index in [0.717, 1.165) is 31.7 Å². The number of rotatable bonds is 5. The average molecular weight is 358 g/mol. The summed E-state index contributed by atoms with van der Waals surface area (Å²) in [6.07, 6.45) is 4.00. The second kappa shape index (κ2) is 7.55. The zero-order chi connectivity index (χ0) is 17.8. The van der Waals surface area contributed by atoms with Crippen LogP contribution >= 0.6 is 0 Å². The van der Waals surface area contributed by atoms with Crippen molar-refractivity contribution in [3.8, 4) is 0 Å². The predicted molar refractivity (Wildman–Crippen MR) is 96.7 cm³/mol. The zero-order valence-electron chi connectivity index (χ0n) is 14.7. The molecule has 2 saturated heterocycles. The Labute approximate surface area is 152 Å². The fourth-order valence-corrected chi connectivity index (χ4v) is 3.46. The van der Waals surface area contributed by atoms with Gasteiger partial charge < -0.3 is 19.7 Å². The summed E-state index contributed by atoms with van der Waals surface area (Å²) in [5.41, 5.74) is 0.701. The molecule has 0 amide bonds. The molecule has 0 bridgehead atoms. The van der Waals surface area contributed by atoms with Crippen LogP contribution < -0.4 is 10.2 Å². The van der Waals surface area contributed by atoms with Crippen molar-refractivity contribution in [3.63, 3.8) is 0 Å². The molecular weight excluding hydrogens is 335 g/mol. The molecule has 4 rings (SSSR count). The van der Waals surface area contributed by atoms with Crippen LogP contribution in [-0.4, -0.2) is 48.6 Å². The molecule has 0 unspecified atom stereocenters. The molecule has 2 fully saturated rings. The Morgan fingerprint density at radius 2 is 1.88 bits per heavy atom. The monoisotopic (exact) mass is 358 g/mol. The van der Waals surface area contributed by atoms with Gasteiger partial charge in [-0.25, -0.2) is 9.37 Å². The van der Waals surface area contributed by atoms with Crippen LogP contribution in [0.4, 0.5) is 16.2 Å². The standard InChI is InChI=1S/C19H23FN4O2/c20-16-4-2-1-3-15(16)5-9-21-17-6-10-22-18(23-17)24-11-7-19(8-12-24)25-13-14-26-19/h1-4,6,10H,5,7-9,11-14H2,(H,21,22,23). The summed E-state index contributed by atoms with van der Waals surface area (Å²) in [5.74, 6) is 0.886. The van der Waals surface area contributed by atoms with E-state index in [1.807, 2.05) is 12.1 Å². The van der Waals surface area contributed by atoms with E-state index in [2.05, 4.69) is 20.2 Å². The van der Waals surface area contributed by atoms with Crippen LogP contribution in [0, 0.1) is 5.82 Å². The summed E-state index contributed by atoms with van der Waals surface area (Å²) in [6, 6.07) is 8.67. The van der Waals surface area contributed by atoms with Gasteiger partial charge in [-0.2, -0.15) is 4.98 Å². The number of nitrogens with zero attached hydrogens (tertiary/aromatic N) is 3. The lowest BCUT2D eigenvalue weighted by atomic mass is 10.0. The second-order valence-electron chi connectivity index (χ2n) is 6.60. The first-order valence-corrected chi connectivity index (χ1v) is 9.07. The Hall–Kier alpha value is -2.25. The Kier molecular flexibility index (Phi) is 4.99. The highest BCUT2D eigenvalue weighted by Crippen LogP contribution is 2.32. The highest BCUT2D eigenvalue weighted by Gasteiger charge is 2.40. The topological polar surface area (TPSA) is 59.5 Å². The molecule has 2 aliphatic rings. The van der Waals surface area contributed by atoms with Crippen LogP contribution in [0.25, 0.3) is 0 Å². The van der Waals surface area contributed by atoms with Gasteiger partial charge in [0.25, 0.3) is 0 Å². The Balaban J connectivity index is 1.33. The molecule has 1 aromatic carbocycles. The van der Waals surface area contributed by atoms with Gasteiger partial charge in [-0.05, 0) is 24.1 Å². The van der Waals surface area contributed by atoms with Gasteiger partial charge in [0, 0.05) is 38.7 Å². The number of aromatic nitrogens is 2. The maximum absolute atomic E-state index is 13.7. The molecular formula is C19H23FN4O2. The second-order valence-corrected chi connectivity index (χ2v) is 6.60. The Morgan fingerprint density at radius 3 is 2.65 bits per heavy atom. The van der Waals surface area contributed by atoms with E-state index in [9.17, 15) is 4.39 Å². The van der Waals surface area contributed by atoms with Crippen LogP contribution in [0.2, 0.25) is 0 Å². The third kappa shape index (κ3) is 3.78. The minimum atomic E-state index is -0.397. The molecule has 2 aliphatic heterocycles. The van der Waals surface area contributed by atoms with Gasteiger partial charge in [0.05, 0.1) is 13.2 Å². The van der Waals surface area contributed by atoms with Crippen molar-refractivity contribution in [2.75, 3.05) is 43.1 Å². The molecule has 3 heterocycles. The summed E-state index contributed by atoms with van der Waals surface area (Å²) in [7, 11) is 0. The van der Waals surface area contributed by atoms with E-state index in [-0.39, 0.29) is 5.82 Å². The van der Waals surface area contributed by atoms with Crippen LogP contribution in [-0.2, 0) is 15.9 Å². The SMILES string of the molecule is Fc1ccccc1CCNc1ccnc(N2CCC3(CC2)OCCO3)n1. The number of anilines is 2. The molecule has 0 atom stereocenters. The average Bonchev–Trinajstić information content (AvgIpc) is 3.12. The molecule has 0 saturated carbocycles. The van der Waals surface area contributed by atoms with Crippen molar-refractivity contribution in [2.45, 2.75) is 25.0 Å². The largest absolute Gasteiger partial charge is 0.370 e. The minimum Gasteiger partial charge on any atom is -0.370 e. The fourth-order valence-electron chi connectivity index (χ4n) is 3.46. The normalized spacial score (nSPS) is 19.0. The molecule has 2 aromatic rings. The van der Waals surface area contributed by atoms with Gasteiger partial charge in [0.2, 0.25) is 5.95 Å². The van der Waals surface area contributed by atoms with E-state index in [0.29, 0.717) is 37.7 Å². The fraction of sp³-hybridized carbons (Fsp3) is 0.474. The summed E-state index contributed by atoms with van der Waals surface area (Å²) in [5, 5.41) is 3.25. The number of nitrogens with one attached hydrogen (secondary N) is 1. The van der Waals surface area contributed by atoms with Crippen molar-refractivity contribution in [1.29, 1.82) is 0 Å². The lowest BCUT2D eigenvalue weighted by molar-refractivity contribution is -0.169. The molecule has 26 heavy (non-hydrogen) atoms. The predicted octanol–water partition coefficient (Wildman–Crippen LogP) is 2.61. The number of ether oxygens (including phenoxy) is 2. The van der Waals surface area contributed by atoms with Crippen LogP contribution in [0.1, 0.15) is 18.4 Å². The quantitative estimate of drug-likeness (QED) is 0.887. The van der Waals surface area contributed by atoms with Crippen molar-refractivity contribution in [2.24, 2.45) is 0 Å². The van der Waals surface area contributed by atoms with Crippen LogP contribution in [0.5, 0.6) is 0 Å². The molecule has 0 aliphatic carbocycles. The molecule has 1 aromatic heterocycles. The van der Waals surface area contributed by atoms with E-state index in [1.165, 1.54) is 6.07 Å². The maximum Gasteiger partial charge on any atom is 0.227 e. The first-order chi connectivity index (χ1) is 12.7. The lowest BCUT2D eigenvalue weighted by Crippen LogP contribution is -2.45. The van der Waals surface area contributed by atoms with Gasteiger partial charge in [-0.15, -0.1) is 0 Å². The number of hydrogen-bond acceptors (Lipinski definition) is 6. The number of benzene rings is 1. The lowest BCUT2D eigenvalue weighted by Gasteiger charge is -2.37. The molecule has 1 N–H and O–H groups in total.